The summed E-state index contributed by atoms with van der Waals surface area (Å²) in [6, 6.07) is 16.6. The van der Waals surface area contributed by atoms with Crippen molar-refractivity contribution in [1.29, 1.82) is 0 Å². The minimum absolute atomic E-state index is 0.250. The Kier molecular flexibility index (Phi) is 5.04. The maximum absolute atomic E-state index is 6.51. The summed E-state index contributed by atoms with van der Waals surface area (Å²) in [5.41, 5.74) is 2.44. The highest BCUT2D eigenvalue weighted by Gasteiger charge is 2.31. The van der Waals surface area contributed by atoms with Crippen molar-refractivity contribution < 1.29 is 9.80 Å². The van der Waals surface area contributed by atoms with Crippen LogP contribution in [0.4, 0.5) is 0 Å². The van der Waals surface area contributed by atoms with E-state index in [2.05, 4.69) is 31.3 Å². The lowest BCUT2D eigenvalue weighted by Crippen LogP contribution is -3.27. The number of benzene rings is 2. The molecule has 1 fully saturated rings. The molecule has 1 heterocycles. The first-order valence-corrected chi connectivity index (χ1v) is 8.56. The predicted octanol–water partition coefficient (Wildman–Crippen LogP) is 1.50. The highest BCUT2D eigenvalue weighted by atomic mass is 35.5. The molecule has 0 unspecified atom stereocenters. The number of rotatable bonds is 3. The zero-order valence-corrected chi connectivity index (χ0v) is 14.3. The number of piperazine rings is 1. The van der Waals surface area contributed by atoms with E-state index in [1.165, 1.54) is 24.2 Å². The van der Waals surface area contributed by atoms with Crippen molar-refractivity contribution in [2.45, 2.75) is 6.04 Å². The van der Waals surface area contributed by atoms with Gasteiger partial charge in [-0.3, -0.25) is 0 Å². The summed E-state index contributed by atoms with van der Waals surface area (Å²) in [5.74, 6) is 0. The first kappa shape index (κ1) is 15.8. The number of halogens is 2. The van der Waals surface area contributed by atoms with Gasteiger partial charge in [0.1, 0.15) is 32.2 Å². The minimum atomic E-state index is 0.250. The monoisotopic (exact) mass is 336 g/mol. The zero-order valence-electron chi connectivity index (χ0n) is 12.8. The van der Waals surface area contributed by atoms with E-state index in [9.17, 15) is 0 Å². The molecule has 0 aromatic heterocycles. The highest BCUT2D eigenvalue weighted by molar-refractivity contribution is 6.31. The van der Waals surface area contributed by atoms with Crippen LogP contribution in [0.1, 0.15) is 17.2 Å². The third-order valence-electron chi connectivity index (χ3n) is 4.55. The summed E-state index contributed by atoms with van der Waals surface area (Å²) >= 11 is 12.7. The van der Waals surface area contributed by atoms with Crippen LogP contribution in [0.3, 0.4) is 0 Å². The molecule has 1 atom stereocenters. The Morgan fingerprint density at radius 3 is 2.32 bits per heavy atom. The Labute approximate surface area is 142 Å². The fourth-order valence-corrected chi connectivity index (χ4v) is 3.76. The summed E-state index contributed by atoms with van der Waals surface area (Å²) in [7, 11) is 2.26. The van der Waals surface area contributed by atoms with Crippen LogP contribution >= 0.6 is 23.2 Å². The van der Waals surface area contributed by atoms with Crippen molar-refractivity contribution in [2.75, 3.05) is 33.2 Å². The summed E-state index contributed by atoms with van der Waals surface area (Å²) < 4.78 is 0. The molecule has 3 rings (SSSR count). The van der Waals surface area contributed by atoms with Crippen molar-refractivity contribution >= 4 is 23.2 Å². The second-order valence-corrected chi connectivity index (χ2v) is 6.97. The lowest BCUT2D eigenvalue weighted by Gasteiger charge is -2.34. The van der Waals surface area contributed by atoms with Gasteiger partial charge in [-0.05, 0) is 18.2 Å². The van der Waals surface area contributed by atoms with Crippen molar-refractivity contribution in [3.8, 4) is 0 Å². The van der Waals surface area contributed by atoms with Crippen molar-refractivity contribution in [3.05, 3.63) is 69.7 Å². The molecule has 0 aliphatic carbocycles. The number of nitrogens with one attached hydrogen (secondary N) is 2. The van der Waals surface area contributed by atoms with E-state index in [0.29, 0.717) is 0 Å². The summed E-state index contributed by atoms with van der Waals surface area (Å²) in [4.78, 5) is 3.17. The number of hydrogen-bond donors (Lipinski definition) is 2. The Morgan fingerprint density at radius 2 is 1.64 bits per heavy atom. The Morgan fingerprint density at radius 1 is 0.909 bits per heavy atom. The van der Waals surface area contributed by atoms with Crippen LogP contribution in [0.15, 0.2) is 48.5 Å². The van der Waals surface area contributed by atoms with E-state index in [0.717, 1.165) is 23.1 Å². The number of quaternary nitrogens is 2. The molecular weight excluding hydrogens is 315 g/mol. The molecule has 1 aliphatic heterocycles. The van der Waals surface area contributed by atoms with Gasteiger partial charge in [-0.25, -0.2) is 0 Å². The quantitative estimate of drug-likeness (QED) is 0.840. The molecule has 0 spiro atoms. The molecule has 2 aromatic carbocycles. The first-order chi connectivity index (χ1) is 10.6. The average Bonchev–Trinajstić information content (AvgIpc) is 2.51. The minimum Gasteiger partial charge on any atom is -0.328 e. The van der Waals surface area contributed by atoms with Gasteiger partial charge in [0.25, 0.3) is 0 Å². The molecule has 2 aromatic rings. The topological polar surface area (TPSA) is 8.88 Å². The summed E-state index contributed by atoms with van der Waals surface area (Å²) in [6.45, 7) is 4.68. The lowest BCUT2D eigenvalue weighted by molar-refractivity contribution is -1.02. The van der Waals surface area contributed by atoms with Crippen LogP contribution < -0.4 is 9.80 Å². The molecule has 22 heavy (non-hydrogen) atoms. The molecule has 2 N–H and O–H groups in total. The van der Waals surface area contributed by atoms with Gasteiger partial charge in [-0.2, -0.15) is 0 Å². The van der Waals surface area contributed by atoms with E-state index in [1.54, 1.807) is 9.80 Å². The standard InChI is InChI=1S/C18H20Cl2N2/c1-21-9-11-22(12-10-21)18(14-5-4-6-15(19)13-14)16-7-2-3-8-17(16)20/h2-8,13,18H,9-12H2,1H3/p+2/t18-/m1/s1. The molecule has 0 radical (unpaired) electrons. The molecule has 2 nitrogen and oxygen atoms in total. The van der Waals surface area contributed by atoms with Gasteiger partial charge in [0, 0.05) is 16.1 Å². The lowest BCUT2D eigenvalue weighted by atomic mass is 9.96. The van der Waals surface area contributed by atoms with Crippen LogP contribution in [-0.4, -0.2) is 33.2 Å². The molecule has 0 amide bonds. The fraction of sp³-hybridized carbons (Fsp3) is 0.333. The third-order valence-corrected chi connectivity index (χ3v) is 5.13. The fourth-order valence-electron chi connectivity index (χ4n) is 3.32. The molecule has 1 saturated heterocycles. The zero-order chi connectivity index (χ0) is 15.5. The van der Waals surface area contributed by atoms with Gasteiger partial charge in [0.2, 0.25) is 0 Å². The first-order valence-electron chi connectivity index (χ1n) is 7.81. The molecular formula is C18H22Cl2N2+2. The molecule has 1 aliphatic rings. The van der Waals surface area contributed by atoms with Crippen molar-refractivity contribution in [2.24, 2.45) is 0 Å². The number of hydrogen-bond acceptors (Lipinski definition) is 0. The smallest absolute Gasteiger partial charge is 0.141 e. The highest BCUT2D eigenvalue weighted by Crippen LogP contribution is 2.27. The van der Waals surface area contributed by atoms with Crippen LogP contribution in [0.5, 0.6) is 0 Å². The van der Waals surface area contributed by atoms with Gasteiger partial charge in [0.15, 0.2) is 0 Å². The Balaban J connectivity index is 2.01. The van der Waals surface area contributed by atoms with E-state index in [1.807, 2.05) is 24.3 Å². The summed E-state index contributed by atoms with van der Waals surface area (Å²) in [5, 5.41) is 1.62. The van der Waals surface area contributed by atoms with Crippen LogP contribution in [0.25, 0.3) is 0 Å². The van der Waals surface area contributed by atoms with Crippen LogP contribution in [-0.2, 0) is 0 Å². The normalized spacial score (nSPS) is 23.2. The maximum Gasteiger partial charge on any atom is 0.141 e. The second kappa shape index (κ2) is 7.01. The molecule has 4 heteroatoms. The van der Waals surface area contributed by atoms with Gasteiger partial charge in [0.05, 0.1) is 12.1 Å². The van der Waals surface area contributed by atoms with E-state index >= 15 is 0 Å². The largest absolute Gasteiger partial charge is 0.328 e. The van der Waals surface area contributed by atoms with Gasteiger partial charge in [-0.1, -0.05) is 53.5 Å². The third kappa shape index (κ3) is 3.47. The van der Waals surface area contributed by atoms with Crippen LogP contribution in [0.2, 0.25) is 10.0 Å². The Bertz CT molecular complexity index is 636. The summed E-state index contributed by atoms with van der Waals surface area (Å²) in [6.07, 6.45) is 0. The van der Waals surface area contributed by atoms with Crippen LogP contribution in [0, 0.1) is 0 Å². The second-order valence-electron chi connectivity index (χ2n) is 6.12. The van der Waals surface area contributed by atoms with Crippen molar-refractivity contribution in [3.63, 3.8) is 0 Å². The van der Waals surface area contributed by atoms with Gasteiger partial charge < -0.3 is 9.80 Å². The van der Waals surface area contributed by atoms with Gasteiger partial charge >= 0.3 is 0 Å². The van der Waals surface area contributed by atoms with E-state index in [-0.39, 0.29) is 6.04 Å². The SMILES string of the molecule is C[NH+]1CC[NH+]([C@H](c2cccc(Cl)c2)c2ccccc2Cl)CC1. The maximum atomic E-state index is 6.51. The Hall–Kier alpha value is -1.06. The molecule has 116 valence electrons. The van der Waals surface area contributed by atoms with Gasteiger partial charge in [-0.15, -0.1) is 0 Å². The van der Waals surface area contributed by atoms with Crippen molar-refractivity contribution in [1.82, 2.24) is 0 Å². The molecule has 0 bridgehead atoms. The van der Waals surface area contributed by atoms with E-state index < -0.39 is 0 Å². The average molecular weight is 337 g/mol. The predicted molar refractivity (Wildman–Crippen MR) is 92.1 cm³/mol. The van der Waals surface area contributed by atoms with E-state index in [4.69, 9.17) is 23.2 Å². The number of likely N-dealkylation sites (N-methyl/N-ethyl adjacent to an activating group) is 1. The molecule has 0 saturated carbocycles.